The molecule has 0 atom stereocenters. The van der Waals surface area contributed by atoms with Gasteiger partial charge in [0.25, 0.3) is 0 Å². The van der Waals surface area contributed by atoms with E-state index in [1.54, 1.807) is 11.7 Å². The Morgan fingerprint density at radius 1 is 1.58 bits per heavy atom. The number of benzene rings is 1. The maximum absolute atomic E-state index is 11.1. The van der Waals surface area contributed by atoms with Crippen LogP contribution in [0.1, 0.15) is 16.1 Å². The van der Waals surface area contributed by atoms with Crippen molar-refractivity contribution in [2.24, 2.45) is 7.05 Å². The average molecular weight is 342 g/mol. The number of hydrogen-bond donors (Lipinski definition) is 2. The van der Waals surface area contributed by atoms with Crippen LogP contribution in [0, 0.1) is 0 Å². The summed E-state index contributed by atoms with van der Waals surface area (Å²) in [6.07, 6.45) is 1.36. The summed E-state index contributed by atoms with van der Waals surface area (Å²) in [4.78, 5) is 12.0. The van der Waals surface area contributed by atoms with E-state index in [-0.39, 0.29) is 5.56 Å². The number of hydrogen-bond acceptors (Lipinski definition) is 4. The summed E-state index contributed by atoms with van der Waals surface area (Å²) in [5.41, 5.74) is 7.47. The second-order valence-corrected chi connectivity index (χ2v) is 5.84. The summed E-state index contributed by atoms with van der Waals surface area (Å²) in [6.45, 7) is 0. The number of nitrogens with two attached hydrogens (primary N) is 1. The van der Waals surface area contributed by atoms with Crippen LogP contribution >= 0.6 is 27.7 Å². The summed E-state index contributed by atoms with van der Waals surface area (Å²) < 4.78 is 2.49. The highest BCUT2D eigenvalue weighted by Crippen LogP contribution is 2.30. The van der Waals surface area contributed by atoms with Crippen molar-refractivity contribution in [3.63, 3.8) is 0 Å². The molecule has 2 aromatic rings. The molecule has 0 radical (unpaired) electrons. The lowest BCUT2D eigenvalue weighted by Gasteiger charge is -2.07. The fourth-order valence-corrected chi connectivity index (χ4v) is 3.01. The number of rotatable bonds is 4. The summed E-state index contributed by atoms with van der Waals surface area (Å²) in [6, 6.07) is 5.63. The first-order chi connectivity index (χ1) is 8.99. The van der Waals surface area contributed by atoms with E-state index >= 15 is 0 Å². The van der Waals surface area contributed by atoms with E-state index in [1.807, 2.05) is 18.2 Å². The van der Waals surface area contributed by atoms with Gasteiger partial charge in [0.1, 0.15) is 5.56 Å². The molecule has 1 aromatic heterocycles. The van der Waals surface area contributed by atoms with E-state index in [4.69, 9.17) is 10.8 Å². The minimum absolute atomic E-state index is 0.227. The first-order valence-corrected chi connectivity index (χ1v) is 7.19. The molecule has 0 saturated heterocycles. The van der Waals surface area contributed by atoms with E-state index < -0.39 is 5.97 Å². The van der Waals surface area contributed by atoms with Crippen molar-refractivity contribution in [3.05, 3.63) is 40.1 Å². The maximum Gasteiger partial charge on any atom is 0.339 e. The third-order valence-electron chi connectivity index (χ3n) is 2.63. The van der Waals surface area contributed by atoms with E-state index in [0.717, 1.165) is 9.37 Å². The molecule has 0 aliphatic carbocycles. The van der Waals surface area contributed by atoms with Crippen LogP contribution in [-0.4, -0.2) is 20.9 Å². The third kappa shape index (κ3) is 3.10. The Morgan fingerprint density at radius 2 is 2.32 bits per heavy atom. The van der Waals surface area contributed by atoms with Gasteiger partial charge in [-0.05, 0) is 18.2 Å². The van der Waals surface area contributed by atoms with Gasteiger partial charge in [-0.2, -0.15) is 5.10 Å². The summed E-state index contributed by atoms with van der Waals surface area (Å²) in [5.74, 6) is -0.461. The van der Waals surface area contributed by atoms with Crippen molar-refractivity contribution in [2.75, 3.05) is 5.73 Å². The second kappa shape index (κ2) is 5.66. The first kappa shape index (κ1) is 14.0. The number of carbonyl (C=O) groups is 1. The third-order valence-corrected chi connectivity index (χ3v) is 4.22. The van der Waals surface area contributed by atoms with Crippen LogP contribution < -0.4 is 5.73 Å². The molecule has 0 spiro atoms. The maximum atomic E-state index is 11.1. The van der Waals surface area contributed by atoms with Crippen molar-refractivity contribution in [2.45, 2.75) is 10.6 Å². The second-order valence-electron chi connectivity index (χ2n) is 3.90. The monoisotopic (exact) mass is 341 g/mol. The minimum Gasteiger partial charge on any atom is -0.478 e. The van der Waals surface area contributed by atoms with Gasteiger partial charge in [0, 0.05) is 27.9 Å². The molecule has 5 nitrogen and oxygen atoms in total. The van der Waals surface area contributed by atoms with Gasteiger partial charge in [-0.1, -0.05) is 15.9 Å². The highest BCUT2D eigenvalue weighted by Gasteiger charge is 2.15. The smallest absolute Gasteiger partial charge is 0.339 e. The van der Waals surface area contributed by atoms with Crippen LogP contribution in [0.2, 0.25) is 0 Å². The van der Waals surface area contributed by atoms with Crippen molar-refractivity contribution in [1.82, 2.24) is 9.78 Å². The fourth-order valence-electron chi connectivity index (χ4n) is 1.61. The summed E-state index contributed by atoms with van der Waals surface area (Å²) in [5, 5.41) is 13.0. The molecule has 2 rings (SSSR count). The summed E-state index contributed by atoms with van der Waals surface area (Å²) >= 11 is 4.84. The van der Waals surface area contributed by atoms with Crippen LogP contribution in [0.3, 0.4) is 0 Å². The topological polar surface area (TPSA) is 81.1 Å². The largest absolute Gasteiger partial charge is 0.478 e. The Balaban J connectivity index is 2.19. The normalized spacial score (nSPS) is 10.6. The van der Waals surface area contributed by atoms with Gasteiger partial charge < -0.3 is 10.8 Å². The Hall–Kier alpha value is -1.47. The number of carboxylic acids is 1. The number of anilines is 1. The first-order valence-electron chi connectivity index (χ1n) is 5.41. The van der Waals surface area contributed by atoms with Crippen molar-refractivity contribution >= 4 is 39.3 Å². The number of nitrogens with zero attached hydrogens (tertiary/aromatic N) is 2. The predicted molar refractivity (Wildman–Crippen MR) is 78.3 cm³/mol. The van der Waals surface area contributed by atoms with Crippen molar-refractivity contribution < 1.29 is 9.90 Å². The number of aromatic nitrogens is 2. The highest BCUT2D eigenvalue weighted by atomic mass is 79.9. The van der Waals surface area contributed by atoms with Gasteiger partial charge in [-0.3, -0.25) is 4.68 Å². The van der Waals surface area contributed by atoms with Gasteiger partial charge in [-0.15, -0.1) is 11.8 Å². The molecular formula is C12H12BrN3O2S. The Kier molecular flexibility index (Phi) is 4.16. The highest BCUT2D eigenvalue weighted by molar-refractivity contribution is 9.10. The number of halogens is 1. The standard InChI is InChI=1S/C12H12BrN3O2S/c1-16-10(8(5-15-16)12(17)18)6-19-11-3-2-7(13)4-9(11)14/h2-5H,6,14H2,1H3,(H,17,18). The summed E-state index contributed by atoms with van der Waals surface area (Å²) in [7, 11) is 1.73. The Labute approximate surface area is 122 Å². The van der Waals surface area contributed by atoms with Gasteiger partial charge in [0.15, 0.2) is 0 Å². The molecule has 0 saturated carbocycles. The van der Waals surface area contributed by atoms with E-state index in [9.17, 15) is 4.79 Å². The van der Waals surface area contributed by atoms with Crippen LogP contribution in [0.5, 0.6) is 0 Å². The zero-order chi connectivity index (χ0) is 14.0. The predicted octanol–water partition coefficient (Wildman–Crippen LogP) is 2.76. The molecular weight excluding hydrogens is 330 g/mol. The molecule has 19 heavy (non-hydrogen) atoms. The lowest BCUT2D eigenvalue weighted by Crippen LogP contribution is -2.03. The number of aromatic carboxylic acids is 1. The fraction of sp³-hybridized carbons (Fsp3) is 0.167. The molecule has 0 amide bonds. The van der Waals surface area contributed by atoms with Gasteiger partial charge in [-0.25, -0.2) is 4.79 Å². The molecule has 0 unspecified atom stereocenters. The molecule has 0 aliphatic rings. The average Bonchev–Trinajstić information content (AvgIpc) is 2.70. The zero-order valence-corrected chi connectivity index (χ0v) is 12.5. The van der Waals surface area contributed by atoms with E-state index in [2.05, 4.69) is 21.0 Å². The number of aryl methyl sites for hydroxylation is 1. The lowest BCUT2D eigenvalue weighted by atomic mass is 10.3. The zero-order valence-electron chi connectivity index (χ0n) is 10.1. The van der Waals surface area contributed by atoms with Gasteiger partial charge in [0.05, 0.1) is 11.9 Å². The number of thioether (sulfide) groups is 1. The van der Waals surface area contributed by atoms with Gasteiger partial charge in [0.2, 0.25) is 0 Å². The SMILES string of the molecule is Cn1ncc(C(=O)O)c1CSc1ccc(Br)cc1N. The molecule has 0 fully saturated rings. The van der Waals surface area contributed by atoms with Crippen molar-refractivity contribution in [3.8, 4) is 0 Å². The molecule has 0 aliphatic heterocycles. The molecule has 100 valence electrons. The van der Waals surface area contributed by atoms with Crippen LogP contribution in [0.15, 0.2) is 33.8 Å². The van der Waals surface area contributed by atoms with Crippen molar-refractivity contribution in [1.29, 1.82) is 0 Å². The Bertz CT molecular complexity index is 627. The van der Waals surface area contributed by atoms with Crippen LogP contribution in [-0.2, 0) is 12.8 Å². The van der Waals surface area contributed by atoms with E-state index in [1.165, 1.54) is 18.0 Å². The molecule has 7 heteroatoms. The Morgan fingerprint density at radius 3 is 2.95 bits per heavy atom. The van der Waals surface area contributed by atoms with E-state index in [0.29, 0.717) is 17.1 Å². The van der Waals surface area contributed by atoms with Crippen LogP contribution in [0.25, 0.3) is 0 Å². The molecule has 0 bridgehead atoms. The minimum atomic E-state index is -0.965. The van der Waals surface area contributed by atoms with Gasteiger partial charge >= 0.3 is 5.97 Å². The number of carboxylic acid groups (broad SMARTS) is 1. The lowest BCUT2D eigenvalue weighted by molar-refractivity contribution is 0.0696. The molecule has 1 aromatic carbocycles. The number of nitrogen functional groups attached to an aromatic ring is 1. The quantitative estimate of drug-likeness (QED) is 0.660. The van der Waals surface area contributed by atoms with Crippen LogP contribution in [0.4, 0.5) is 5.69 Å². The molecule has 3 N–H and O–H groups in total. The molecule has 1 heterocycles.